The van der Waals surface area contributed by atoms with Crippen LogP contribution in [0.5, 0.6) is 5.75 Å². The van der Waals surface area contributed by atoms with Gasteiger partial charge < -0.3 is 15.2 Å². The van der Waals surface area contributed by atoms with E-state index in [9.17, 15) is 0 Å². The Morgan fingerprint density at radius 2 is 2.44 bits per heavy atom. The average Bonchev–Trinajstić information content (AvgIpc) is 2.78. The molecule has 0 amide bonds. The summed E-state index contributed by atoms with van der Waals surface area (Å²) >= 11 is 0. The molecule has 1 atom stereocenters. The van der Waals surface area contributed by atoms with E-state index in [1.54, 1.807) is 7.11 Å². The summed E-state index contributed by atoms with van der Waals surface area (Å²) in [5, 5.41) is 0. The minimum atomic E-state index is 0.0802. The maximum Gasteiger partial charge on any atom is 0.185 e. The Morgan fingerprint density at radius 1 is 1.56 bits per heavy atom. The van der Waals surface area contributed by atoms with Crippen molar-refractivity contribution in [2.75, 3.05) is 20.3 Å². The highest BCUT2D eigenvalue weighted by atomic mass is 16.5. The highest BCUT2D eigenvalue weighted by Gasteiger charge is 2.20. The smallest absolute Gasteiger partial charge is 0.185 e. The van der Waals surface area contributed by atoms with E-state index in [1.807, 2.05) is 24.3 Å². The Balaban J connectivity index is 2.13. The Bertz CT molecular complexity index is 390. The van der Waals surface area contributed by atoms with Crippen LogP contribution in [0.25, 0.3) is 0 Å². The van der Waals surface area contributed by atoms with Gasteiger partial charge in [-0.25, -0.2) is 4.99 Å². The average molecular weight is 220 g/mol. The van der Waals surface area contributed by atoms with E-state index in [-0.39, 0.29) is 6.04 Å². The van der Waals surface area contributed by atoms with Crippen LogP contribution in [0.4, 0.5) is 0 Å². The lowest BCUT2D eigenvalue weighted by molar-refractivity contribution is 0.312. The number of aliphatic imine (C=N–C) groups is 1. The van der Waals surface area contributed by atoms with Gasteiger partial charge in [-0.05, 0) is 17.7 Å². The van der Waals surface area contributed by atoms with Crippen LogP contribution in [0.1, 0.15) is 18.0 Å². The fourth-order valence-electron chi connectivity index (χ4n) is 1.70. The van der Waals surface area contributed by atoms with Crippen LogP contribution in [0.3, 0.4) is 0 Å². The molecule has 0 radical (unpaired) electrons. The van der Waals surface area contributed by atoms with Crippen LogP contribution in [0.2, 0.25) is 0 Å². The standard InChI is InChI=1S/C12H16N2O2/c1-15-10-4-2-3-9(7-10)11-8-16-12(14-11)5-6-13/h2-4,7,11H,5-6,8,13H2,1H3. The second-order valence-corrected chi connectivity index (χ2v) is 3.66. The number of hydrogen-bond acceptors (Lipinski definition) is 4. The third kappa shape index (κ3) is 2.33. The topological polar surface area (TPSA) is 56.8 Å². The molecule has 1 aromatic rings. The van der Waals surface area contributed by atoms with Crippen molar-refractivity contribution in [3.8, 4) is 5.75 Å². The number of methoxy groups -OCH3 is 1. The van der Waals surface area contributed by atoms with Crippen LogP contribution >= 0.6 is 0 Å². The van der Waals surface area contributed by atoms with Gasteiger partial charge in [0, 0.05) is 13.0 Å². The third-order valence-electron chi connectivity index (χ3n) is 2.54. The molecular formula is C12H16N2O2. The number of ether oxygens (including phenoxy) is 2. The van der Waals surface area contributed by atoms with E-state index in [1.165, 1.54) is 0 Å². The fraction of sp³-hybridized carbons (Fsp3) is 0.417. The van der Waals surface area contributed by atoms with Gasteiger partial charge in [-0.3, -0.25) is 0 Å². The zero-order valence-electron chi connectivity index (χ0n) is 9.35. The molecular weight excluding hydrogens is 204 g/mol. The predicted octanol–water partition coefficient (Wildman–Crippen LogP) is 1.51. The fourth-order valence-corrected chi connectivity index (χ4v) is 1.70. The largest absolute Gasteiger partial charge is 0.497 e. The molecule has 0 aliphatic carbocycles. The van der Waals surface area contributed by atoms with Crippen LogP contribution in [-0.2, 0) is 4.74 Å². The second kappa shape index (κ2) is 4.99. The first-order valence-electron chi connectivity index (χ1n) is 5.37. The minimum absolute atomic E-state index is 0.0802. The summed E-state index contributed by atoms with van der Waals surface area (Å²) in [7, 11) is 1.66. The number of nitrogens with zero attached hydrogens (tertiary/aromatic N) is 1. The Kier molecular flexibility index (Phi) is 3.41. The van der Waals surface area contributed by atoms with Crippen molar-refractivity contribution in [1.82, 2.24) is 0 Å². The molecule has 1 aromatic carbocycles. The monoisotopic (exact) mass is 220 g/mol. The van der Waals surface area contributed by atoms with E-state index < -0.39 is 0 Å². The summed E-state index contributed by atoms with van der Waals surface area (Å²) in [6, 6.07) is 7.99. The lowest BCUT2D eigenvalue weighted by Gasteiger charge is -2.07. The lowest BCUT2D eigenvalue weighted by Crippen LogP contribution is -2.07. The molecule has 0 saturated heterocycles. The summed E-state index contributed by atoms with van der Waals surface area (Å²) in [6.45, 7) is 1.17. The first-order chi connectivity index (χ1) is 7.83. The summed E-state index contributed by atoms with van der Waals surface area (Å²) in [5.41, 5.74) is 6.57. The maximum atomic E-state index is 5.46. The quantitative estimate of drug-likeness (QED) is 0.836. The maximum absolute atomic E-state index is 5.46. The zero-order chi connectivity index (χ0) is 11.4. The van der Waals surface area contributed by atoms with Gasteiger partial charge in [0.2, 0.25) is 0 Å². The molecule has 86 valence electrons. The molecule has 2 N–H and O–H groups in total. The molecule has 0 aromatic heterocycles. The van der Waals surface area contributed by atoms with Gasteiger partial charge in [-0.15, -0.1) is 0 Å². The summed E-state index contributed by atoms with van der Waals surface area (Å²) < 4.78 is 10.6. The Hall–Kier alpha value is -1.55. The normalized spacial score (nSPS) is 19.1. The molecule has 0 spiro atoms. The van der Waals surface area contributed by atoms with Gasteiger partial charge in [-0.1, -0.05) is 12.1 Å². The second-order valence-electron chi connectivity index (χ2n) is 3.66. The van der Waals surface area contributed by atoms with Gasteiger partial charge in [0.15, 0.2) is 5.90 Å². The van der Waals surface area contributed by atoms with E-state index >= 15 is 0 Å². The predicted molar refractivity (Wildman–Crippen MR) is 62.8 cm³/mol. The van der Waals surface area contributed by atoms with Crippen molar-refractivity contribution in [1.29, 1.82) is 0 Å². The van der Waals surface area contributed by atoms with Gasteiger partial charge in [-0.2, -0.15) is 0 Å². The van der Waals surface area contributed by atoms with E-state index in [0.717, 1.165) is 17.2 Å². The van der Waals surface area contributed by atoms with Crippen molar-refractivity contribution >= 4 is 5.90 Å². The molecule has 4 nitrogen and oxygen atoms in total. The van der Waals surface area contributed by atoms with Gasteiger partial charge in [0.25, 0.3) is 0 Å². The van der Waals surface area contributed by atoms with Crippen LogP contribution in [0, 0.1) is 0 Å². The van der Waals surface area contributed by atoms with Crippen molar-refractivity contribution in [3.05, 3.63) is 29.8 Å². The molecule has 1 unspecified atom stereocenters. The summed E-state index contributed by atoms with van der Waals surface area (Å²) in [4.78, 5) is 4.48. The first kappa shape index (κ1) is 11.0. The van der Waals surface area contributed by atoms with E-state index in [2.05, 4.69) is 4.99 Å². The van der Waals surface area contributed by atoms with Crippen molar-refractivity contribution in [3.63, 3.8) is 0 Å². The molecule has 4 heteroatoms. The van der Waals surface area contributed by atoms with Crippen molar-refractivity contribution in [2.45, 2.75) is 12.5 Å². The zero-order valence-corrected chi connectivity index (χ0v) is 9.35. The molecule has 1 aliphatic rings. The minimum Gasteiger partial charge on any atom is -0.497 e. The molecule has 2 rings (SSSR count). The molecule has 0 saturated carbocycles. The Morgan fingerprint density at radius 3 is 3.19 bits per heavy atom. The van der Waals surface area contributed by atoms with Gasteiger partial charge in [0.1, 0.15) is 18.4 Å². The van der Waals surface area contributed by atoms with Crippen LogP contribution in [0.15, 0.2) is 29.3 Å². The van der Waals surface area contributed by atoms with Gasteiger partial charge >= 0.3 is 0 Å². The number of rotatable bonds is 4. The summed E-state index contributed by atoms with van der Waals surface area (Å²) in [5.74, 6) is 1.61. The van der Waals surface area contributed by atoms with Crippen molar-refractivity contribution < 1.29 is 9.47 Å². The third-order valence-corrected chi connectivity index (χ3v) is 2.54. The highest BCUT2D eigenvalue weighted by Crippen LogP contribution is 2.26. The Labute approximate surface area is 95.1 Å². The molecule has 0 bridgehead atoms. The van der Waals surface area contributed by atoms with E-state index in [0.29, 0.717) is 19.6 Å². The van der Waals surface area contributed by atoms with Crippen LogP contribution in [-0.4, -0.2) is 26.2 Å². The number of benzene rings is 1. The number of nitrogens with two attached hydrogens (primary N) is 1. The molecule has 16 heavy (non-hydrogen) atoms. The van der Waals surface area contributed by atoms with Crippen LogP contribution < -0.4 is 10.5 Å². The summed E-state index contributed by atoms with van der Waals surface area (Å²) in [6.07, 6.45) is 0.709. The lowest BCUT2D eigenvalue weighted by atomic mass is 10.1. The highest BCUT2D eigenvalue weighted by molar-refractivity contribution is 5.78. The van der Waals surface area contributed by atoms with E-state index in [4.69, 9.17) is 15.2 Å². The first-order valence-corrected chi connectivity index (χ1v) is 5.37. The number of hydrogen-bond donors (Lipinski definition) is 1. The molecule has 1 heterocycles. The van der Waals surface area contributed by atoms with Gasteiger partial charge in [0.05, 0.1) is 7.11 Å². The van der Waals surface area contributed by atoms with Crippen molar-refractivity contribution in [2.24, 2.45) is 10.7 Å². The SMILES string of the molecule is COc1cccc(C2COC(CCN)=N2)c1. The molecule has 1 aliphatic heterocycles. The molecule has 0 fully saturated rings.